The van der Waals surface area contributed by atoms with Crippen molar-refractivity contribution in [3.05, 3.63) is 83.4 Å². The molecule has 3 aromatic rings. The van der Waals surface area contributed by atoms with Crippen molar-refractivity contribution in [3.8, 4) is 0 Å². The first-order chi connectivity index (χ1) is 14.0. The van der Waals surface area contributed by atoms with Gasteiger partial charge in [-0.1, -0.05) is 24.3 Å². The number of rotatable bonds is 5. The molecule has 0 spiro atoms. The second-order valence-electron chi connectivity index (χ2n) is 7.37. The van der Waals surface area contributed by atoms with Gasteiger partial charge in [-0.2, -0.15) is 0 Å². The Bertz CT molecular complexity index is 982. The van der Waals surface area contributed by atoms with Gasteiger partial charge in [-0.15, -0.1) is 0 Å². The van der Waals surface area contributed by atoms with Crippen molar-refractivity contribution in [2.24, 2.45) is 7.05 Å². The first-order valence-corrected chi connectivity index (χ1v) is 9.68. The molecular formula is C22H24F2N4O. The maximum atomic E-state index is 13.4. The second kappa shape index (κ2) is 8.31. The fourth-order valence-electron chi connectivity index (χ4n) is 3.83. The van der Waals surface area contributed by atoms with Crippen LogP contribution in [0.1, 0.15) is 23.1 Å². The molecule has 1 saturated heterocycles. The molecule has 7 heteroatoms. The lowest BCUT2D eigenvalue weighted by Gasteiger charge is -2.37. The highest BCUT2D eigenvalue weighted by molar-refractivity contribution is 5.56. The minimum absolute atomic E-state index is 0.586. The summed E-state index contributed by atoms with van der Waals surface area (Å²) >= 11 is 0. The van der Waals surface area contributed by atoms with E-state index in [2.05, 4.69) is 14.8 Å². The van der Waals surface area contributed by atoms with Crippen LogP contribution in [-0.4, -0.2) is 45.7 Å². The molecule has 1 aliphatic rings. The molecule has 4 rings (SSSR count). The largest absolute Gasteiger partial charge is 0.380 e. The normalized spacial score (nSPS) is 16.2. The summed E-state index contributed by atoms with van der Waals surface area (Å²) in [6, 6.07) is 11.9. The quantitative estimate of drug-likeness (QED) is 0.717. The smallest absolute Gasteiger partial charge is 0.159 e. The SMILES string of the molecule is Cn1ccnc1C(O)c1ccccc1N1CCN(Cc2ccc(F)c(F)c2)CC1. The van der Waals surface area contributed by atoms with Gasteiger partial charge in [0.25, 0.3) is 0 Å². The van der Waals surface area contributed by atoms with Crippen molar-refractivity contribution in [3.63, 3.8) is 0 Å². The lowest BCUT2D eigenvalue weighted by molar-refractivity contribution is 0.205. The van der Waals surface area contributed by atoms with Crippen molar-refractivity contribution in [1.29, 1.82) is 0 Å². The molecule has 1 aromatic heterocycles. The van der Waals surface area contributed by atoms with E-state index in [-0.39, 0.29) is 0 Å². The van der Waals surface area contributed by atoms with Gasteiger partial charge in [0.05, 0.1) is 0 Å². The standard InChI is InChI=1S/C22H24F2N4O/c1-26-9-8-25-22(26)21(29)17-4-2-3-5-20(17)28-12-10-27(11-13-28)15-16-6-7-18(23)19(24)14-16/h2-9,14,21,29H,10-13,15H2,1H3. The number of hydrogen-bond acceptors (Lipinski definition) is 4. The van der Waals surface area contributed by atoms with Gasteiger partial charge >= 0.3 is 0 Å². The Hall–Kier alpha value is -2.77. The van der Waals surface area contributed by atoms with Crippen LogP contribution in [-0.2, 0) is 13.6 Å². The molecule has 2 heterocycles. The van der Waals surface area contributed by atoms with E-state index in [1.165, 1.54) is 12.1 Å². The van der Waals surface area contributed by atoms with E-state index in [1.54, 1.807) is 12.3 Å². The van der Waals surface area contributed by atoms with Crippen LogP contribution in [0, 0.1) is 11.6 Å². The first-order valence-electron chi connectivity index (χ1n) is 9.68. The van der Waals surface area contributed by atoms with Crippen molar-refractivity contribution in [2.45, 2.75) is 12.6 Å². The Balaban J connectivity index is 1.45. The number of para-hydroxylation sites is 1. The zero-order valence-corrected chi connectivity index (χ0v) is 16.3. The monoisotopic (exact) mass is 398 g/mol. The number of aryl methyl sites for hydroxylation is 1. The highest BCUT2D eigenvalue weighted by atomic mass is 19.2. The van der Waals surface area contributed by atoms with E-state index in [1.807, 2.05) is 42.1 Å². The van der Waals surface area contributed by atoms with Gasteiger partial charge in [0, 0.05) is 63.4 Å². The minimum atomic E-state index is -0.818. The van der Waals surface area contributed by atoms with Gasteiger partial charge in [0.1, 0.15) is 11.9 Å². The number of hydrogen-bond donors (Lipinski definition) is 1. The van der Waals surface area contributed by atoms with Crippen LogP contribution >= 0.6 is 0 Å². The summed E-state index contributed by atoms with van der Waals surface area (Å²) in [4.78, 5) is 8.76. The molecule has 0 saturated carbocycles. The number of aromatic nitrogens is 2. The molecule has 5 nitrogen and oxygen atoms in total. The molecule has 0 amide bonds. The summed E-state index contributed by atoms with van der Waals surface area (Å²) in [6.45, 7) is 3.75. The number of halogens is 2. The molecule has 152 valence electrons. The van der Waals surface area contributed by atoms with Crippen LogP contribution in [0.25, 0.3) is 0 Å². The fraction of sp³-hybridized carbons (Fsp3) is 0.318. The predicted molar refractivity (Wildman–Crippen MR) is 108 cm³/mol. The third-order valence-electron chi connectivity index (χ3n) is 5.44. The van der Waals surface area contributed by atoms with E-state index in [0.717, 1.165) is 43.0 Å². The Kier molecular flexibility index (Phi) is 5.60. The number of nitrogens with zero attached hydrogens (tertiary/aromatic N) is 4. The fourth-order valence-corrected chi connectivity index (χ4v) is 3.83. The van der Waals surface area contributed by atoms with E-state index >= 15 is 0 Å². The second-order valence-corrected chi connectivity index (χ2v) is 7.37. The molecule has 1 unspecified atom stereocenters. The topological polar surface area (TPSA) is 44.5 Å². The summed E-state index contributed by atoms with van der Waals surface area (Å²) in [6.07, 6.45) is 2.70. The summed E-state index contributed by atoms with van der Waals surface area (Å²) in [7, 11) is 1.87. The molecule has 0 aliphatic carbocycles. The van der Waals surface area contributed by atoms with Crippen LogP contribution in [0.15, 0.2) is 54.9 Å². The number of piperazine rings is 1. The van der Waals surface area contributed by atoms with Crippen LogP contribution < -0.4 is 4.90 Å². The third-order valence-corrected chi connectivity index (χ3v) is 5.44. The van der Waals surface area contributed by atoms with E-state index in [0.29, 0.717) is 12.4 Å². The lowest BCUT2D eigenvalue weighted by Crippen LogP contribution is -2.46. The maximum Gasteiger partial charge on any atom is 0.159 e. The number of aliphatic hydroxyl groups is 1. The Morgan fingerprint density at radius 1 is 1.03 bits per heavy atom. The van der Waals surface area contributed by atoms with Crippen LogP contribution in [0.2, 0.25) is 0 Å². The zero-order chi connectivity index (χ0) is 20.4. The van der Waals surface area contributed by atoms with Gasteiger partial charge in [0.2, 0.25) is 0 Å². The van der Waals surface area contributed by atoms with E-state index in [9.17, 15) is 13.9 Å². The average Bonchev–Trinajstić information content (AvgIpc) is 3.17. The molecule has 0 radical (unpaired) electrons. The number of anilines is 1. The van der Waals surface area contributed by atoms with Crippen molar-refractivity contribution < 1.29 is 13.9 Å². The first kappa shape index (κ1) is 19.5. The highest BCUT2D eigenvalue weighted by Gasteiger charge is 2.24. The maximum absolute atomic E-state index is 13.4. The van der Waals surface area contributed by atoms with Gasteiger partial charge in [-0.05, 0) is 23.8 Å². The number of benzene rings is 2. The summed E-state index contributed by atoms with van der Waals surface area (Å²) in [5.74, 6) is -1.02. The molecule has 1 aliphatic heterocycles. The van der Waals surface area contributed by atoms with Gasteiger partial charge < -0.3 is 14.6 Å². The van der Waals surface area contributed by atoms with E-state index in [4.69, 9.17) is 0 Å². The molecular weight excluding hydrogens is 374 g/mol. The Morgan fingerprint density at radius 3 is 2.48 bits per heavy atom. The molecule has 1 fully saturated rings. The predicted octanol–water partition coefficient (Wildman–Crippen LogP) is 3.10. The Morgan fingerprint density at radius 2 is 1.79 bits per heavy atom. The molecule has 29 heavy (non-hydrogen) atoms. The molecule has 2 aromatic carbocycles. The van der Waals surface area contributed by atoms with Crippen molar-refractivity contribution >= 4 is 5.69 Å². The van der Waals surface area contributed by atoms with Crippen molar-refractivity contribution in [2.75, 3.05) is 31.1 Å². The van der Waals surface area contributed by atoms with Crippen LogP contribution in [0.3, 0.4) is 0 Å². The number of imidazole rings is 1. The average molecular weight is 398 g/mol. The van der Waals surface area contributed by atoms with Gasteiger partial charge in [0.15, 0.2) is 11.6 Å². The van der Waals surface area contributed by atoms with Crippen LogP contribution in [0.4, 0.5) is 14.5 Å². The number of aliphatic hydroxyl groups excluding tert-OH is 1. The van der Waals surface area contributed by atoms with Gasteiger partial charge in [-0.3, -0.25) is 4.90 Å². The molecule has 0 bridgehead atoms. The molecule has 1 atom stereocenters. The summed E-state index contributed by atoms with van der Waals surface area (Å²) in [5.41, 5.74) is 2.59. The Labute approximate surface area is 168 Å². The zero-order valence-electron chi connectivity index (χ0n) is 16.3. The van der Waals surface area contributed by atoms with E-state index < -0.39 is 17.7 Å². The van der Waals surface area contributed by atoms with Crippen molar-refractivity contribution in [1.82, 2.24) is 14.5 Å². The minimum Gasteiger partial charge on any atom is -0.380 e. The van der Waals surface area contributed by atoms with Gasteiger partial charge in [-0.25, -0.2) is 13.8 Å². The lowest BCUT2D eigenvalue weighted by atomic mass is 10.0. The van der Waals surface area contributed by atoms with Crippen LogP contribution in [0.5, 0.6) is 0 Å². The highest BCUT2D eigenvalue weighted by Crippen LogP contribution is 2.30. The third kappa shape index (κ3) is 4.16. The molecule has 1 N–H and O–H groups in total. The summed E-state index contributed by atoms with van der Waals surface area (Å²) in [5, 5.41) is 10.9. The summed E-state index contributed by atoms with van der Waals surface area (Å²) < 4.78 is 28.4.